The van der Waals surface area contributed by atoms with Crippen LogP contribution in [0.25, 0.3) is 0 Å². The van der Waals surface area contributed by atoms with E-state index in [0.717, 1.165) is 22.5 Å². The molecule has 2 aromatic rings. The zero-order valence-electron chi connectivity index (χ0n) is 13.3. The predicted molar refractivity (Wildman–Crippen MR) is 86.7 cm³/mol. The minimum Gasteiger partial charge on any atom is -0.322 e. The number of hydrogen-bond donors (Lipinski definition) is 1. The molecule has 0 atom stereocenters. The smallest absolute Gasteiger partial charge is 0.322 e. The summed E-state index contributed by atoms with van der Waals surface area (Å²) in [7, 11) is -1.02. The molecule has 0 spiro atoms. The summed E-state index contributed by atoms with van der Waals surface area (Å²) in [5, 5.41) is 2.33. The molecule has 1 N–H and O–H groups in total. The van der Waals surface area contributed by atoms with Crippen LogP contribution in [-0.4, -0.2) is 32.7 Å². The average molecular weight is 372 g/mol. The molecular weight excluding hydrogens is 357 g/mol. The van der Waals surface area contributed by atoms with Gasteiger partial charge in [0.1, 0.15) is 0 Å². The van der Waals surface area contributed by atoms with Crippen molar-refractivity contribution in [3.05, 3.63) is 59.7 Å². The highest BCUT2D eigenvalue weighted by Gasteiger charge is 2.30. The fraction of sp³-hybridized carbons (Fsp3) is 0.188. The number of benzene rings is 2. The van der Waals surface area contributed by atoms with Crippen LogP contribution in [0.5, 0.6) is 0 Å². The number of carbonyl (C=O) groups excluding carboxylic acids is 1. The SMILES string of the molecule is CN(C)S(=O)(=O)c1cccc(C(=O)Nc2cccc(C(F)(F)F)c2)c1. The molecule has 2 rings (SSSR count). The zero-order valence-corrected chi connectivity index (χ0v) is 14.1. The summed E-state index contributed by atoms with van der Waals surface area (Å²) >= 11 is 0. The molecule has 0 saturated carbocycles. The highest BCUT2D eigenvalue weighted by molar-refractivity contribution is 7.89. The summed E-state index contributed by atoms with van der Waals surface area (Å²) in [6, 6.07) is 9.43. The number of anilines is 1. The fourth-order valence-corrected chi connectivity index (χ4v) is 2.93. The van der Waals surface area contributed by atoms with E-state index < -0.39 is 27.7 Å². The Kier molecular flexibility index (Phi) is 5.19. The first kappa shape index (κ1) is 18.9. The Labute approximate surface area is 143 Å². The molecule has 0 aliphatic carbocycles. The maximum absolute atomic E-state index is 12.7. The Bertz CT molecular complexity index is 893. The van der Waals surface area contributed by atoms with Crippen LogP contribution in [0.3, 0.4) is 0 Å². The van der Waals surface area contributed by atoms with E-state index in [2.05, 4.69) is 5.32 Å². The average Bonchev–Trinajstić information content (AvgIpc) is 2.54. The first-order valence-corrected chi connectivity index (χ1v) is 8.47. The number of nitrogens with zero attached hydrogens (tertiary/aromatic N) is 1. The highest BCUT2D eigenvalue weighted by atomic mass is 32.2. The second kappa shape index (κ2) is 6.85. The van der Waals surface area contributed by atoms with E-state index in [-0.39, 0.29) is 16.1 Å². The molecule has 0 saturated heterocycles. The summed E-state index contributed by atoms with van der Waals surface area (Å²) in [4.78, 5) is 12.1. The number of amides is 1. The zero-order chi connectivity index (χ0) is 18.8. The van der Waals surface area contributed by atoms with Crippen molar-refractivity contribution in [2.45, 2.75) is 11.1 Å². The van der Waals surface area contributed by atoms with Gasteiger partial charge >= 0.3 is 6.18 Å². The molecular formula is C16H15F3N2O3S. The lowest BCUT2D eigenvalue weighted by atomic mass is 10.1. The van der Waals surface area contributed by atoms with Crippen molar-refractivity contribution in [1.82, 2.24) is 4.31 Å². The Morgan fingerprint density at radius 3 is 2.28 bits per heavy atom. The highest BCUT2D eigenvalue weighted by Crippen LogP contribution is 2.30. The van der Waals surface area contributed by atoms with Crippen LogP contribution in [0.1, 0.15) is 15.9 Å². The quantitative estimate of drug-likeness (QED) is 0.896. The molecule has 134 valence electrons. The van der Waals surface area contributed by atoms with Crippen molar-refractivity contribution in [3.63, 3.8) is 0 Å². The van der Waals surface area contributed by atoms with E-state index in [1.807, 2.05) is 0 Å². The molecule has 0 fully saturated rings. The Hall–Kier alpha value is -2.39. The molecule has 0 unspecified atom stereocenters. The van der Waals surface area contributed by atoms with Gasteiger partial charge in [0.2, 0.25) is 10.0 Å². The van der Waals surface area contributed by atoms with Gasteiger partial charge in [-0.05, 0) is 36.4 Å². The van der Waals surface area contributed by atoms with Crippen molar-refractivity contribution in [2.24, 2.45) is 0 Å². The van der Waals surface area contributed by atoms with Crippen LogP contribution in [0.15, 0.2) is 53.4 Å². The number of rotatable bonds is 4. The molecule has 9 heteroatoms. The number of nitrogens with one attached hydrogen (secondary N) is 1. The summed E-state index contributed by atoms with van der Waals surface area (Å²) in [5.74, 6) is -0.713. The lowest BCUT2D eigenvalue weighted by molar-refractivity contribution is -0.137. The largest absolute Gasteiger partial charge is 0.416 e. The van der Waals surface area contributed by atoms with Gasteiger partial charge in [0, 0.05) is 25.3 Å². The third-order valence-electron chi connectivity index (χ3n) is 3.32. The van der Waals surface area contributed by atoms with Gasteiger partial charge in [-0.1, -0.05) is 12.1 Å². The van der Waals surface area contributed by atoms with Crippen LogP contribution >= 0.6 is 0 Å². The molecule has 0 aliphatic rings. The van der Waals surface area contributed by atoms with Gasteiger partial charge in [-0.2, -0.15) is 13.2 Å². The second-order valence-corrected chi connectivity index (χ2v) is 7.50. The van der Waals surface area contributed by atoms with Gasteiger partial charge in [0.15, 0.2) is 0 Å². The minimum absolute atomic E-state index is 0.0142. The number of sulfonamides is 1. The van der Waals surface area contributed by atoms with Crippen molar-refractivity contribution in [2.75, 3.05) is 19.4 Å². The normalized spacial score (nSPS) is 12.2. The third-order valence-corrected chi connectivity index (χ3v) is 5.13. The number of halogens is 3. The summed E-state index contributed by atoms with van der Waals surface area (Å²) in [6.45, 7) is 0. The minimum atomic E-state index is -4.53. The van der Waals surface area contributed by atoms with E-state index in [1.54, 1.807) is 0 Å². The topological polar surface area (TPSA) is 66.5 Å². The summed E-state index contributed by atoms with van der Waals surface area (Å²) in [5.41, 5.74) is -0.921. The molecule has 0 radical (unpaired) electrons. The lowest BCUT2D eigenvalue weighted by Gasteiger charge is -2.13. The van der Waals surface area contributed by atoms with Crippen LogP contribution in [-0.2, 0) is 16.2 Å². The molecule has 0 heterocycles. The Balaban J connectivity index is 2.28. The predicted octanol–water partition coefficient (Wildman–Crippen LogP) is 3.21. The molecule has 25 heavy (non-hydrogen) atoms. The van der Waals surface area contributed by atoms with Crippen LogP contribution in [0.2, 0.25) is 0 Å². The maximum atomic E-state index is 12.7. The third kappa shape index (κ3) is 4.37. The summed E-state index contributed by atoms with van der Waals surface area (Å²) in [6.07, 6.45) is -4.53. The molecule has 1 amide bonds. The second-order valence-electron chi connectivity index (χ2n) is 5.35. The standard InChI is InChI=1S/C16H15F3N2O3S/c1-21(2)25(23,24)14-8-3-5-11(9-14)15(22)20-13-7-4-6-12(10-13)16(17,18)19/h3-10H,1-2H3,(H,20,22). The Morgan fingerprint density at radius 2 is 1.68 bits per heavy atom. The fourth-order valence-electron chi connectivity index (χ4n) is 1.99. The monoisotopic (exact) mass is 372 g/mol. The molecule has 5 nitrogen and oxygen atoms in total. The molecule has 0 aliphatic heterocycles. The van der Waals surface area contributed by atoms with E-state index in [9.17, 15) is 26.4 Å². The van der Waals surface area contributed by atoms with Crippen molar-refractivity contribution in [3.8, 4) is 0 Å². The maximum Gasteiger partial charge on any atom is 0.416 e. The number of carbonyl (C=O) groups is 1. The van der Waals surface area contributed by atoms with E-state index in [4.69, 9.17) is 0 Å². The molecule has 0 aromatic heterocycles. The number of alkyl halides is 3. The van der Waals surface area contributed by atoms with Gasteiger partial charge in [-0.25, -0.2) is 12.7 Å². The van der Waals surface area contributed by atoms with Crippen molar-refractivity contribution in [1.29, 1.82) is 0 Å². The van der Waals surface area contributed by atoms with Crippen molar-refractivity contribution < 1.29 is 26.4 Å². The van der Waals surface area contributed by atoms with Gasteiger partial charge in [0.05, 0.1) is 10.5 Å². The van der Waals surface area contributed by atoms with E-state index >= 15 is 0 Å². The number of hydrogen-bond acceptors (Lipinski definition) is 3. The van der Waals surface area contributed by atoms with Crippen LogP contribution in [0, 0.1) is 0 Å². The lowest BCUT2D eigenvalue weighted by Crippen LogP contribution is -2.22. The van der Waals surface area contributed by atoms with Crippen molar-refractivity contribution >= 4 is 21.6 Å². The van der Waals surface area contributed by atoms with Crippen LogP contribution < -0.4 is 5.32 Å². The van der Waals surface area contributed by atoms with Gasteiger partial charge in [0.25, 0.3) is 5.91 Å². The van der Waals surface area contributed by atoms with Gasteiger partial charge in [-0.15, -0.1) is 0 Å². The first-order chi connectivity index (χ1) is 11.5. The first-order valence-electron chi connectivity index (χ1n) is 7.03. The van der Waals surface area contributed by atoms with Crippen LogP contribution in [0.4, 0.5) is 18.9 Å². The van der Waals surface area contributed by atoms with Gasteiger partial charge < -0.3 is 5.32 Å². The molecule has 0 bridgehead atoms. The van der Waals surface area contributed by atoms with E-state index in [0.29, 0.717) is 0 Å². The Morgan fingerprint density at radius 1 is 1.04 bits per heavy atom. The molecule has 2 aromatic carbocycles. The van der Waals surface area contributed by atoms with E-state index in [1.165, 1.54) is 44.4 Å². The summed E-state index contributed by atoms with van der Waals surface area (Å²) < 4.78 is 63.3. The van der Waals surface area contributed by atoms with Gasteiger partial charge in [-0.3, -0.25) is 4.79 Å².